The van der Waals surface area contributed by atoms with Crippen LogP contribution in [-0.2, 0) is 0 Å². The Morgan fingerprint density at radius 3 is 1.33 bits per heavy atom. The van der Waals surface area contributed by atoms with Crippen molar-refractivity contribution in [1.82, 2.24) is 5.32 Å². The number of thiocarbonyl (C=S) groups is 2. The van der Waals surface area contributed by atoms with Crippen LogP contribution in [0.25, 0.3) is 0 Å². The highest BCUT2D eigenvalue weighted by Crippen LogP contribution is 1.43. The van der Waals surface area contributed by atoms with E-state index in [0.717, 1.165) is 0 Å². The molecule has 0 heterocycles. The third kappa shape index (κ3) is 112. The molecule has 0 amide bonds. The predicted octanol–water partition coefficient (Wildman–Crippen LogP) is -1.36. The lowest BCUT2D eigenvalue weighted by Crippen LogP contribution is -2.24. The lowest BCUT2D eigenvalue weighted by molar-refractivity contribution is 1.18. The highest BCUT2D eigenvalue weighted by Gasteiger charge is 1.66. The Hall–Kier alpha value is -0.620. The molecule has 0 fully saturated rings. The summed E-state index contributed by atoms with van der Waals surface area (Å²) in [7, 11) is 1.68. The summed E-state index contributed by atoms with van der Waals surface area (Å²) in [4.78, 5) is 0. The summed E-state index contributed by atoms with van der Waals surface area (Å²) in [6.45, 7) is 0. The van der Waals surface area contributed by atoms with Crippen LogP contribution in [0.3, 0.4) is 0 Å². The molecule has 7 N–H and O–H groups in total. The van der Waals surface area contributed by atoms with E-state index in [2.05, 4.69) is 41.2 Å². The second-order valence-electron chi connectivity index (χ2n) is 1.02. The topological polar surface area (TPSA) is 90.1 Å². The molecule has 0 aromatic rings. The van der Waals surface area contributed by atoms with Crippen LogP contribution in [0, 0.1) is 0 Å². The number of rotatable bonds is 0. The Labute approximate surface area is 64.8 Å². The first kappa shape index (κ1) is 11.2. The van der Waals surface area contributed by atoms with Gasteiger partial charge in [-0.15, -0.1) is 0 Å². The largest absolute Gasteiger partial charge is 0.377 e. The Kier molecular flexibility index (Phi) is 9.19. The fraction of sp³-hybridized carbons (Fsp3) is 0.333. The van der Waals surface area contributed by atoms with Gasteiger partial charge in [-0.3, -0.25) is 0 Å². The van der Waals surface area contributed by atoms with E-state index in [0.29, 0.717) is 5.11 Å². The average Bonchev–Trinajstić information content (AvgIpc) is 1.65. The molecule has 0 aliphatic rings. The lowest BCUT2D eigenvalue weighted by Gasteiger charge is -1.85. The molecule has 0 aromatic heterocycles. The first-order valence-corrected chi connectivity index (χ1v) is 2.84. The summed E-state index contributed by atoms with van der Waals surface area (Å²) in [6, 6.07) is 0. The highest BCUT2D eigenvalue weighted by molar-refractivity contribution is 7.80. The highest BCUT2D eigenvalue weighted by atomic mass is 32.1. The minimum atomic E-state index is 0.000000000000000222. The third-order valence-corrected chi connectivity index (χ3v) is 0.451. The van der Waals surface area contributed by atoms with E-state index in [1.165, 1.54) is 0 Å². The zero-order chi connectivity index (χ0) is 7.86. The molecule has 0 radical (unpaired) electrons. The van der Waals surface area contributed by atoms with Crippen molar-refractivity contribution in [3.63, 3.8) is 0 Å². The maximum Gasteiger partial charge on any atom is 0.163 e. The van der Waals surface area contributed by atoms with Gasteiger partial charge in [-0.1, -0.05) is 0 Å². The molecule has 0 aliphatic heterocycles. The van der Waals surface area contributed by atoms with Crippen LogP contribution in [0.2, 0.25) is 0 Å². The molecule has 0 atom stereocenters. The number of hydrogen-bond donors (Lipinski definition) is 4. The Morgan fingerprint density at radius 1 is 1.22 bits per heavy atom. The van der Waals surface area contributed by atoms with Gasteiger partial charge in [-0.05, 0) is 24.4 Å². The number of hydrogen-bond acceptors (Lipinski definition) is 2. The maximum absolute atomic E-state index is 4.91. The zero-order valence-corrected chi connectivity index (χ0v) is 6.68. The van der Waals surface area contributed by atoms with Gasteiger partial charge in [0.15, 0.2) is 10.2 Å². The molecule has 9 heavy (non-hydrogen) atoms. The van der Waals surface area contributed by atoms with Gasteiger partial charge in [0.05, 0.1) is 0 Å². The van der Waals surface area contributed by atoms with Crippen molar-refractivity contribution >= 4 is 34.7 Å². The van der Waals surface area contributed by atoms with Crippen LogP contribution >= 0.6 is 24.4 Å². The smallest absolute Gasteiger partial charge is 0.163 e. The molecule has 0 bridgehead atoms. The molecule has 54 valence electrons. The number of nitrogens with one attached hydrogen (secondary N) is 1. The second kappa shape index (κ2) is 7.38. The van der Waals surface area contributed by atoms with Gasteiger partial charge in [-0.2, -0.15) is 0 Å². The summed E-state index contributed by atoms with van der Waals surface area (Å²) in [5.74, 6) is 0. The van der Waals surface area contributed by atoms with E-state index in [-0.39, 0.29) is 5.11 Å². The molecule has 4 nitrogen and oxygen atoms in total. The second-order valence-corrected chi connectivity index (χ2v) is 1.93. The summed E-state index contributed by atoms with van der Waals surface area (Å²) >= 11 is 8.46. The Bertz CT molecular complexity index is 98.0. The zero-order valence-electron chi connectivity index (χ0n) is 5.05. The van der Waals surface area contributed by atoms with Crippen molar-refractivity contribution in [2.24, 2.45) is 17.2 Å². The Balaban J connectivity index is 0. The SMILES string of the molecule is CNC(N)=S.NC(N)=S. The van der Waals surface area contributed by atoms with E-state index in [1.54, 1.807) is 7.05 Å². The standard InChI is InChI=1S/C2H6N2S.CH4N2S/c1-4-2(3)5;2-1(3)4/h1H3,(H3,3,4,5);(H4,2,3,4). The lowest BCUT2D eigenvalue weighted by atomic mass is 11.1. The predicted molar refractivity (Wildman–Crippen MR) is 46.8 cm³/mol. The molecule has 0 aromatic carbocycles. The summed E-state index contributed by atoms with van der Waals surface area (Å²) in [6.07, 6.45) is 0. The van der Waals surface area contributed by atoms with Crippen molar-refractivity contribution in [3.05, 3.63) is 0 Å². The quantitative estimate of drug-likeness (QED) is 0.332. The van der Waals surface area contributed by atoms with Crippen molar-refractivity contribution in [3.8, 4) is 0 Å². The van der Waals surface area contributed by atoms with E-state index < -0.39 is 0 Å². The Morgan fingerprint density at radius 2 is 1.33 bits per heavy atom. The van der Waals surface area contributed by atoms with E-state index in [4.69, 9.17) is 5.73 Å². The monoisotopic (exact) mass is 166 g/mol. The number of nitrogens with two attached hydrogens (primary N) is 3. The molecule has 0 spiro atoms. The van der Waals surface area contributed by atoms with E-state index in [1.807, 2.05) is 0 Å². The van der Waals surface area contributed by atoms with Gasteiger partial charge in [0.25, 0.3) is 0 Å². The normalized spacial score (nSPS) is 6.33. The van der Waals surface area contributed by atoms with Gasteiger partial charge in [0.2, 0.25) is 0 Å². The molecule has 6 heteroatoms. The van der Waals surface area contributed by atoms with Crippen LogP contribution in [0.5, 0.6) is 0 Å². The first-order valence-electron chi connectivity index (χ1n) is 2.02. The molecule has 0 saturated carbocycles. The van der Waals surface area contributed by atoms with Crippen LogP contribution < -0.4 is 22.5 Å². The fourth-order valence-electron chi connectivity index (χ4n) is 0. The van der Waals surface area contributed by atoms with Crippen molar-refractivity contribution in [1.29, 1.82) is 0 Å². The van der Waals surface area contributed by atoms with Gasteiger partial charge in [0, 0.05) is 7.05 Å². The van der Waals surface area contributed by atoms with Crippen molar-refractivity contribution < 1.29 is 0 Å². The van der Waals surface area contributed by atoms with Crippen molar-refractivity contribution in [2.45, 2.75) is 0 Å². The van der Waals surface area contributed by atoms with Gasteiger partial charge >= 0.3 is 0 Å². The van der Waals surface area contributed by atoms with Gasteiger partial charge in [-0.25, -0.2) is 0 Å². The minimum Gasteiger partial charge on any atom is -0.377 e. The minimum absolute atomic E-state index is 0.000000000000000222. The van der Waals surface area contributed by atoms with Crippen LogP contribution in [0.15, 0.2) is 0 Å². The summed E-state index contributed by atoms with van der Waals surface area (Å²) in [5, 5.41) is 2.88. The first-order chi connectivity index (χ1) is 4.00. The average molecular weight is 166 g/mol. The van der Waals surface area contributed by atoms with Crippen LogP contribution in [0.1, 0.15) is 0 Å². The molecule has 0 saturated heterocycles. The van der Waals surface area contributed by atoms with Gasteiger partial charge < -0.3 is 22.5 Å². The van der Waals surface area contributed by atoms with Crippen molar-refractivity contribution in [2.75, 3.05) is 7.05 Å². The molecular formula is C3H10N4S2. The van der Waals surface area contributed by atoms with E-state index in [9.17, 15) is 0 Å². The fourth-order valence-corrected chi connectivity index (χ4v) is 0. The van der Waals surface area contributed by atoms with E-state index >= 15 is 0 Å². The molecule has 0 rings (SSSR count). The molecule has 0 aliphatic carbocycles. The van der Waals surface area contributed by atoms with Crippen LogP contribution in [0.4, 0.5) is 0 Å². The van der Waals surface area contributed by atoms with Gasteiger partial charge in [0.1, 0.15) is 0 Å². The van der Waals surface area contributed by atoms with Crippen LogP contribution in [-0.4, -0.2) is 17.3 Å². The molecule has 0 unspecified atom stereocenters. The maximum atomic E-state index is 4.91. The molecular weight excluding hydrogens is 156 g/mol. The summed E-state index contributed by atoms with van der Waals surface area (Å²) < 4.78 is 0. The third-order valence-electron chi connectivity index (χ3n) is 0.246. The summed E-state index contributed by atoms with van der Waals surface area (Å²) in [5.41, 5.74) is 14.2.